The summed E-state index contributed by atoms with van der Waals surface area (Å²) in [5, 5.41) is 9.13. The van der Waals surface area contributed by atoms with Gasteiger partial charge in [-0.15, -0.1) is 0 Å². The summed E-state index contributed by atoms with van der Waals surface area (Å²) in [6, 6.07) is 14.4. The summed E-state index contributed by atoms with van der Waals surface area (Å²) in [7, 11) is 1.64. The molecule has 0 aliphatic heterocycles. The van der Waals surface area contributed by atoms with Gasteiger partial charge in [0.1, 0.15) is 11.5 Å². The molecule has 0 fully saturated rings. The van der Waals surface area contributed by atoms with E-state index >= 15 is 0 Å². The quantitative estimate of drug-likeness (QED) is 0.818. The molecule has 0 heterocycles. The molecule has 0 aromatic heterocycles. The summed E-state index contributed by atoms with van der Waals surface area (Å²) in [6.45, 7) is 0. The fourth-order valence-corrected chi connectivity index (χ4v) is 1.38. The molecule has 1 N–H and O–H groups in total. The zero-order valence-electron chi connectivity index (χ0n) is 9.50. The molecule has 0 spiro atoms. The van der Waals surface area contributed by atoms with Crippen LogP contribution in [0.4, 0.5) is 5.69 Å². The molecule has 0 radical (unpaired) electrons. The van der Waals surface area contributed by atoms with Crippen molar-refractivity contribution in [3.05, 3.63) is 54.1 Å². The van der Waals surface area contributed by atoms with Gasteiger partial charge >= 0.3 is 0 Å². The van der Waals surface area contributed by atoms with Crippen molar-refractivity contribution in [2.24, 2.45) is 4.99 Å². The second kappa shape index (κ2) is 5.16. The van der Waals surface area contributed by atoms with E-state index in [1.165, 1.54) is 0 Å². The lowest BCUT2D eigenvalue weighted by Crippen LogP contribution is -1.84. The number of nitrogens with zero attached hydrogens (tertiary/aromatic N) is 1. The van der Waals surface area contributed by atoms with Crippen LogP contribution in [-0.4, -0.2) is 18.4 Å². The van der Waals surface area contributed by atoms with Gasteiger partial charge < -0.3 is 9.84 Å². The van der Waals surface area contributed by atoms with Gasteiger partial charge in [0.15, 0.2) is 0 Å². The van der Waals surface area contributed by atoms with Gasteiger partial charge in [-0.05, 0) is 54.1 Å². The molecule has 0 bridgehead atoms. The van der Waals surface area contributed by atoms with E-state index in [-0.39, 0.29) is 5.75 Å². The molecular weight excluding hydrogens is 214 g/mol. The first-order valence-corrected chi connectivity index (χ1v) is 5.25. The number of methoxy groups -OCH3 is 1. The van der Waals surface area contributed by atoms with Crippen LogP contribution in [0.1, 0.15) is 5.56 Å². The molecule has 86 valence electrons. The number of ether oxygens (including phenoxy) is 1. The van der Waals surface area contributed by atoms with Crippen molar-refractivity contribution in [2.45, 2.75) is 0 Å². The van der Waals surface area contributed by atoms with Crippen molar-refractivity contribution >= 4 is 11.9 Å². The standard InChI is InChI=1S/C14H13NO2/c1-17-14-8-2-11(3-9-14)10-15-12-4-6-13(16)7-5-12/h2-10,16H,1H3. The van der Waals surface area contributed by atoms with E-state index in [4.69, 9.17) is 9.84 Å². The highest BCUT2D eigenvalue weighted by atomic mass is 16.5. The van der Waals surface area contributed by atoms with Gasteiger partial charge in [-0.1, -0.05) is 0 Å². The van der Waals surface area contributed by atoms with E-state index in [0.29, 0.717) is 0 Å². The smallest absolute Gasteiger partial charge is 0.118 e. The van der Waals surface area contributed by atoms with Crippen LogP contribution in [-0.2, 0) is 0 Å². The molecule has 0 aliphatic rings. The number of phenols is 1. The van der Waals surface area contributed by atoms with Gasteiger partial charge in [-0.2, -0.15) is 0 Å². The van der Waals surface area contributed by atoms with Gasteiger partial charge in [0.05, 0.1) is 12.8 Å². The number of phenolic OH excluding ortho intramolecular Hbond substituents is 1. The highest BCUT2D eigenvalue weighted by molar-refractivity contribution is 5.82. The highest BCUT2D eigenvalue weighted by Crippen LogP contribution is 2.17. The Labute approximate surface area is 100 Å². The number of aliphatic imine (C=N–C) groups is 1. The second-order valence-corrected chi connectivity index (χ2v) is 3.55. The van der Waals surface area contributed by atoms with Crippen LogP contribution in [0.3, 0.4) is 0 Å². The zero-order chi connectivity index (χ0) is 12.1. The number of aromatic hydroxyl groups is 1. The van der Waals surface area contributed by atoms with Crippen LogP contribution in [0.25, 0.3) is 0 Å². The van der Waals surface area contributed by atoms with Crippen molar-refractivity contribution in [1.82, 2.24) is 0 Å². The Morgan fingerprint density at radius 2 is 1.65 bits per heavy atom. The van der Waals surface area contributed by atoms with Crippen molar-refractivity contribution in [2.75, 3.05) is 7.11 Å². The third kappa shape index (κ3) is 3.08. The Balaban J connectivity index is 2.11. The summed E-state index contributed by atoms with van der Waals surface area (Å²) in [6.07, 6.45) is 1.77. The van der Waals surface area contributed by atoms with E-state index < -0.39 is 0 Å². The third-order valence-electron chi connectivity index (χ3n) is 2.33. The van der Waals surface area contributed by atoms with Gasteiger partial charge in [-0.3, -0.25) is 4.99 Å². The van der Waals surface area contributed by atoms with E-state index in [1.807, 2.05) is 24.3 Å². The Bertz CT molecular complexity index is 501. The average Bonchev–Trinajstić information content (AvgIpc) is 2.39. The number of benzene rings is 2. The molecule has 3 nitrogen and oxygen atoms in total. The molecule has 17 heavy (non-hydrogen) atoms. The summed E-state index contributed by atoms with van der Waals surface area (Å²) in [4.78, 5) is 4.30. The number of hydrogen-bond acceptors (Lipinski definition) is 3. The van der Waals surface area contributed by atoms with Crippen molar-refractivity contribution < 1.29 is 9.84 Å². The maximum atomic E-state index is 9.13. The summed E-state index contributed by atoms with van der Waals surface area (Å²) < 4.78 is 5.07. The Kier molecular flexibility index (Phi) is 3.40. The molecule has 3 heteroatoms. The minimum Gasteiger partial charge on any atom is -0.508 e. The first-order valence-electron chi connectivity index (χ1n) is 5.25. The Hall–Kier alpha value is -2.29. The van der Waals surface area contributed by atoms with E-state index in [1.54, 1.807) is 37.6 Å². The largest absolute Gasteiger partial charge is 0.508 e. The van der Waals surface area contributed by atoms with Crippen molar-refractivity contribution in [3.8, 4) is 11.5 Å². The second-order valence-electron chi connectivity index (χ2n) is 3.55. The third-order valence-corrected chi connectivity index (χ3v) is 2.33. The van der Waals surface area contributed by atoms with Gasteiger partial charge in [0.25, 0.3) is 0 Å². The van der Waals surface area contributed by atoms with Crippen LogP contribution >= 0.6 is 0 Å². The predicted molar refractivity (Wildman–Crippen MR) is 68.4 cm³/mol. The Morgan fingerprint density at radius 3 is 2.24 bits per heavy atom. The maximum Gasteiger partial charge on any atom is 0.118 e. The fourth-order valence-electron chi connectivity index (χ4n) is 1.38. The lowest BCUT2D eigenvalue weighted by Gasteiger charge is -1.99. The Morgan fingerprint density at radius 1 is 1.00 bits per heavy atom. The van der Waals surface area contributed by atoms with E-state index in [0.717, 1.165) is 17.0 Å². The van der Waals surface area contributed by atoms with Gasteiger partial charge in [-0.25, -0.2) is 0 Å². The monoisotopic (exact) mass is 227 g/mol. The molecule has 0 amide bonds. The van der Waals surface area contributed by atoms with Crippen LogP contribution in [0.5, 0.6) is 11.5 Å². The highest BCUT2D eigenvalue weighted by Gasteiger charge is 1.92. The first kappa shape index (κ1) is 11.2. The van der Waals surface area contributed by atoms with Crippen LogP contribution in [0.2, 0.25) is 0 Å². The lowest BCUT2D eigenvalue weighted by atomic mass is 10.2. The summed E-state index contributed by atoms with van der Waals surface area (Å²) in [5.41, 5.74) is 1.80. The number of hydrogen-bond donors (Lipinski definition) is 1. The normalized spacial score (nSPS) is 10.6. The molecular formula is C14H13NO2. The molecule has 0 saturated carbocycles. The topological polar surface area (TPSA) is 41.8 Å². The first-order chi connectivity index (χ1) is 8.28. The van der Waals surface area contributed by atoms with Crippen molar-refractivity contribution in [3.63, 3.8) is 0 Å². The fraction of sp³-hybridized carbons (Fsp3) is 0.0714. The van der Waals surface area contributed by atoms with Gasteiger partial charge in [0, 0.05) is 6.21 Å². The minimum absolute atomic E-state index is 0.244. The van der Waals surface area contributed by atoms with Crippen LogP contribution < -0.4 is 4.74 Å². The minimum atomic E-state index is 0.244. The van der Waals surface area contributed by atoms with E-state index in [9.17, 15) is 0 Å². The SMILES string of the molecule is COc1ccc(C=Nc2ccc(O)cc2)cc1. The van der Waals surface area contributed by atoms with Crippen molar-refractivity contribution in [1.29, 1.82) is 0 Å². The number of rotatable bonds is 3. The predicted octanol–water partition coefficient (Wildman–Crippen LogP) is 3.15. The maximum absolute atomic E-state index is 9.13. The molecule has 0 unspecified atom stereocenters. The molecule has 2 rings (SSSR count). The van der Waals surface area contributed by atoms with Crippen LogP contribution in [0.15, 0.2) is 53.5 Å². The summed E-state index contributed by atoms with van der Waals surface area (Å²) in [5.74, 6) is 1.07. The molecule has 0 saturated heterocycles. The van der Waals surface area contributed by atoms with Gasteiger partial charge in [0.2, 0.25) is 0 Å². The molecule has 0 aliphatic carbocycles. The van der Waals surface area contributed by atoms with Crippen LogP contribution in [0, 0.1) is 0 Å². The zero-order valence-corrected chi connectivity index (χ0v) is 9.50. The molecule has 2 aromatic rings. The molecule has 0 atom stereocenters. The van der Waals surface area contributed by atoms with E-state index in [2.05, 4.69) is 4.99 Å². The average molecular weight is 227 g/mol. The summed E-state index contributed by atoms with van der Waals surface area (Å²) >= 11 is 0. The lowest BCUT2D eigenvalue weighted by molar-refractivity contribution is 0.415. The molecule has 2 aromatic carbocycles.